The quantitative estimate of drug-likeness (QED) is 0.105. The predicted octanol–water partition coefficient (Wildman–Crippen LogP) is 7.94. The zero-order chi connectivity index (χ0) is 20.4. The topological polar surface area (TPSA) is 27.7 Å². The van der Waals surface area contributed by atoms with Crippen molar-refractivity contribution >= 4 is 38.4 Å². The van der Waals surface area contributed by atoms with Gasteiger partial charge in [0.2, 0.25) is 0 Å². The molecule has 0 aromatic heterocycles. The maximum absolute atomic E-state index is 6.52. The summed E-state index contributed by atoms with van der Waals surface area (Å²) in [6.07, 6.45) is 18.6. The fraction of sp³-hybridized carbons (Fsp3) is 1.00. The molecule has 0 N–H and O–H groups in total. The van der Waals surface area contributed by atoms with Gasteiger partial charge in [0.25, 0.3) is 0 Å². The minimum atomic E-state index is -2.83. The van der Waals surface area contributed by atoms with Gasteiger partial charge in [-0.3, -0.25) is 0 Å². The van der Waals surface area contributed by atoms with E-state index in [9.17, 15) is 0 Å². The Bertz CT molecular complexity index is 293. The second-order valence-corrected chi connectivity index (χ2v) is 31.0. The molecule has 0 unspecified atom stereocenters. The third-order valence-electron chi connectivity index (χ3n) is 4.89. The van der Waals surface area contributed by atoms with E-state index in [0.29, 0.717) is 0 Å². The summed E-state index contributed by atoms with van der Waals surface area (Å²) in [6.45, 7) is 6.31. The summed E-state index contributed by atoms with van der Waals surface area (Å²) in [5, 5.41) is 0. The van der Waals surface area contributed by atoms with Crippen LogP contribution in [0.3, 0.4) is 0 Å². The molecule has 27 heavy (non-hydrogen) atoms. The molecule has 0 rings (SSSR count). The van der Waals surface area contributed by atoms with Crippen LogP contribution in [0.4, 0.5) is 0 Å². The van der Waals surface area contributed by atoms with Crippen LogP contribution < -0.4 is 0 Å². The van der Waals surface area contributed by atoms with Crippen molar-refractivity contribution < 1.29 is 7.56 Å². The molecule has 164 valence electrons. The molecule has 0 saturated carbocycles. The van der Waals surface area contributed by atoms with E-state index in [2.05, 4.69) is 33.6 Å². The van der Waals surface area contributed by atoms with Crippen molar-refractivity contribution in [1.29, 1.82) is 0 Å². The molecule has 0 aromatic carbocycles. The van der Waals surface area contributed by atoms with Gasteiger partial charge < -0.3 is 0 Å². The zero-order valence-corrected chi connectivity index (χ0v) is 25.2. The molecule has 0 saturated heterocycles. The third-order valence-corrected chi connectivity index (χ3v) is 31.6. The van der Waals surface area contributed by atoms with E-state index in [1.165, 1.54) is 89.9 Å². The minimum absolute atomic E-state index is 0.885. The van der Waals surface area contributed by atoms with Crippen molar-refractivity contribution in [1.82, 2.24) is 0 Å². The first kappa shape index (κ1) is 28.5. The van der Waals surface area contributed by atoms with Crippen LogP contribution in [-0.4, -0.2) is 51.6 Å². The number of hydrogen-bond donors (Lipinski definition) is 0. The number of unbranched alkanes of at least 4 members (excludes halogenated alkanes) is 12. The molecule has 0 amide bonds. The number of rotatable bonds is 20. The van der Waals surface area contributed by atoms with E-state index in [-0.39, 0.29) is 0 Å². The average Bonchev–Trinajstić information content (AvgIpc) is 2.58. The molecule has 0 radical (unpaired) electrons. The average molecular weight is 600 g/mol. The Hall–Kier alpha value is 1.48. The first-order valence-corrected chi connectivity index (χ1v) is 27.9. The van der Waals surface area contributed by atoms with Gasteiger partial charge in [-0.15, -0.1) is 0 Å². The van der Waals surface area contributed by atoms with Crippen molar-refractivity contribution in [2.45, 2.75) is 123 Å². The molecular weight excluding hydrogens is 550 g/mol. The Labute approximate surface area is 181 Å². The van der Waals surface area contributed by atoms with Gasteiger partial charge >= 0.3 is 183 Å². The standard InChI is InChI=1S/2C9H19O.4CH3.O.2Sn/c2*1-2-3-4-5-6-7-8-9-10;;;;;;;/h2*2-9H2,1H3;4*1H3;;;/q2*-1;;;;;;2*+1. The van der Waals surface area contributed by atoms with Crippen molar-refractivity contribution in [3.63, 3.8) is 0 Å². The summed E-state index contributed by atoms with van der Waals surface area (Å²) in [5.74, 6) is 0. The van der Waals surface area contributed by atoms with Crippen LogP contribution >= 0.6 is 0 Å². The van der Waals surface area contributed by atoms with Crippen molar-refractivity contribution in [2.75, 3.05) is 13.2 Å². The van der Waals surface area contributed by atoms with Gasteiger partial charge in [-0.1, -0.05) is 0 Å². The van der Waals surface area contributed by atoms with E-state index in [1.54, 1.807) is 0 Å². The molecule has 0 atom stereocenters. The van der Waals surface area contributed by atoms with E-state index in [1.807, 2.05) is 0 Å². The van der Waals surface area contributed by atoms with E-state index in [0.717, 1.165) is 13.2 Å². The summed E-state index contributed by atoms with van der Waals surface area (Å²) in [4.78, 5) is 9.02. The molecular formula is C22H50O3Sn2. The second kappa shape index (κ2) is 18.3. The van der Waals surface area contributed by atoms with Gasteiger partial charge in [-0.05, 0) is 0 Å². The summed E-state index contributed by atoms with van der Waals surface area (Å²) in [6, 6.07) is 0. The molecule has 0 aliphatic carbocycles. The molecule has 5 heteroatoms. The molecule has 0 heterocycles. The molecule has 0 bridgehead atoms. The van der Waals surface area contributed by atoms with Crippen molar-refractivity contribution in [2.24, 2.45) is 0 Å². The normalized spacial score (nSPS) is 12.7. The second-order valence-electron chi connectivity index (χ2n) is 8.84. The van der Waals surface area contributed by atoms with Crippen LogP contribution in [0.25, 0.3) is 0 Å². The summed E-state index contributed by atoms with van der Waals surface area (Å²) >= 11 is -5.65. The van der Waals surface area contributed by atoms with Gasteiger partial charge in [0.1, 0.15) is 0 Å². The fourth-order valence-electron chi connectivity index (χ4n) is 3.41. The fourth-order valence-corrected chi connectivity index (χ4v) is 35.7. The van der Waals surface area contributed by atoms with Crippen LogP contribution in [-0.2, 0) is 7.56 Å². The van der Waals surface area contributed by atoms with Crippen LogP contribution in [0.2, 0.25) is 19.8 Å². The Balaban J connectivity index is 3.73. The Morgan fingerprint density at radius 3 is 1.07 bits per heavy atom. The van der Waals surface area contributed by atoms with Crippen molar-refractivity contribution in [3.8, 4) is 0 Å². The predicted molar refractivity (Wildman–Crippen MR) is 124 cm³/mol. The first-order valence-electron chi connectivity index (χ1n) is 11.8. The molecule has 0 aromatic rings. The van der Waals surface area contributed by atoms with Gasteiger partial charge in [-0.25, -0.2) is 0 Å². The summed E-state index contributed by atoms with van der Waals surface area (Å²) < 4.78 is 19.0. The molecule has 3 nitrogen and oxygen atoms in total. The SMILES string of the molecule is CCCCCCCCC[O][Sn]([CH3])([CH3])[O][Sn]([CH3])([CH3])[O]CCCCCCCCC. The van der Waals surface area contributed by atoms with Crippen LogP contribution in [0.1, 0.15) is 104 Å². The maximum atomic E-state index is 6.52. The van der Waals surface area contributed by atoms with Gasteiger partial charge in [0, 0.05) is 0 Å². The van der Waals surface area contributed by atoms with Crippen molar-refractivity contribution in [3.05, 3.63) is 0 Å². The summed E-state index contributed by atoms with van der Waals surface area (Å²) in [7, 11) is 0. The van der Waals surface area contributed by atoms with Crippen LogP contribution in [0.5, 0.6) is 0 Å². The van der Waals surface area contributed by atoms with E-state index in [4.69, 9.17) is 7.56 Å². The molecule has 0 fully saturated rings. The zero-order valence-electron chi connectivity index (χ0n) is 19.5. The number of hydrogen-bond acceptors (Lipinski definition) is 3. The van der Waals surface area contributed by atoms with Crippen LogP contribution in [0, 0.1) is 0 Å². The molecule has 0 aliphatic heterocycles. The Kier molecular flexibility index (Phi) is 19.3. The van der Waals surface area contributed by atoms with E-state index < -0.39 is 38.4 Å². The van der Waals surface area contributed by atoms with Gasteiger partial charge in [0.05, 0.1) is 0 Å². The Morgan fingerprint density at radius 2 is 0.741 bits per heavy atom. The molecule has 0 aliphatic rings. The molecule has 0 spiro atoms. The Morgan fingerprint density at radius 1 is 0.444 bits per heavy atom. The van der Waals surface area contributed by atoms with Gasteiger partial charge in [-0.2, -0.15) is 0 Å². The van der Waals surface area contributed by atoms with Gasteiger partial charge in [0.15, 0.2) is 0 Å². The third kappa shape index (κ3) is 20.5. The summed E-state index contributed by atoms with van der Waals surface area (Å²) in [5.41, 5.74) is 0. The monoisotopic (exact) mass is 602 g/mol. The first-order chi connectivity index (χ1) is 12.8. The van der Waals surface area contributed by atoms with Crippen LogP contribution in [0.15, 0.2) is 0 Å². The van der Waals surface area contributed by atoms with E-state index >= 15 is 0 Å².